The fourth-order valence-electron chi connectivity index (χ4n) is 7.78. The van der Waals surface area contributed by atoms with Gasteiger partial charge in [-0.1, -0.05) is 133 Å². The van der Waals surface area contributed by atoms with Gasteiger partial charge in [0.25, 0.3) is 0 Å². The van der Waals surface area contributed by atoms with Gasteiger partial charge in [0.05, 0.1) is 22.4 Å². The zero-order valence-electron chi connectivity index (χ0n) is 25.1. The molecule has 214 valence electrons. The molecule has 46 heavy (non-hydrogen) atoms. The predicted molar refractivity (Wildman–Crippen MR) is 195 cm³/mol. The SMILES string of the molecule is c1ccc(-c2cc3c4cccc5c4c4c(cccc4c3n2-c2ccccc2)c2cc(-c3ccccc3)n(-c3ccccc3)c25)cc1. The third-order valence-electron chi connectivity index (χ3n) is 9.64. The van der Waals surface area contributed by atoms with Crippen LogP contribution in [0, 0.1) is 0 Å². The van der Waals surface area contributed by atoms with Gasteiger partial charge in [0.2, 0.25) is 0 Å². The third-order valence-corrected chi connectivity index (χ3v) is 9.64. The molecule has 2 nitrogen and oxygen atoms in total. The standard InChI is InChI=1S/C44H28N2/c1-5-15-29(16-6-1)39-27-37-33-23-13-26-36-41(33)42-34(24-14-25-35(42)43(37)45(39)31-19-9-3-10-20-31)38-28-40(30-17-7-2-8-18-30)46(44(36)38)32-21-11-4-12-22-32/h1-28H. The highest BCUT2D eigenvalue weighted by Gasteiger charge is 2.24. The van der Waals surface area contributed by atoms with Crippen LogP contribution in [0.15, 0.2) is 170 Å². The van der Waals surface area contributed by atoms with Crippen molar-refractivity contribution in [1.29, 1.82) is 0 Å². The molecule has 2 aromatic heterocycles. The zero-order chi connectivity index (χ0) is 30.2. The molecule has 0 saturated heterocycles. The summed E-state index contributed by atoms with van der Waals surface area (Å²) in [5.74, 6) is 0. The Labute approximate surface area is 266 Å². The number of aromatic nitrogens is 2. The summed E-state index contributed by atoms with van der Waals surface area (Å²) in [6.45, 7) is 0. The van der Waals surface area contributed by atoms with E-state index >= 15 is 0 Å². The summed E-state index contributed by atoms with van der Waals surface area (Å²) in [6, 6.07) is 61.8. The van der Waals surface area contributed by atoms with E-state index in [0.29, 0.717) is 0 Å². The molecule has 0 unspecified atom stereocenters. The Balaban J connectivity index is 1.45. The maximum absolute atomic E-state index is 2.47. The quantitative estimate of drug-likeness (QED) is 0.182. The van der Waals surface area contributed by atoms with Gasteiger partial charge in [0.1, 0.15) is 0 Å². The second-order valence-electron chi connectivity index (χ2n) is 12.1. The van der Waals surface area contributed by atoms with Crippen LogP contribution >= 0.6 is 0 Å². The van der Waals surface area contributed by atoms with Gasteiger partial charge in [-0.2, -0.15) is 0 Å². The van der Waals surface area contributed by atoms with Crippen molar-refractivity contribution in [2.45, 2.75) is 0 Å². The van der Waals surface area contributed by atoms with Gasteiger partial charge in [0, 0.05) is 43.7 Å². The van der Waals surface area contributed by atoms with Gasteiger partial charge < -0.3 is 9.13 Å². The van der Waals surface area contributed by atoms with Crippen LogP contribution in [0.25, 0.3) is 88.0 Å². The molecule has 10 aromatic rings. The Morgan fingerprint density at radius 2 is 0.630 bits per heavy atom. The van der Waals surface area contributed by atoms with Crippen LogP contribution in [0.1, 0.15) is 0 Å². The van der Waals surface area contributed by atoms with Gasteiger partial charge in [-0.15, -0.1) is 0 Å². The molecule has 0 amide bonds. The second-order valence-corrected chi connectivity index (χ2v) is 12.1. The summed E-state index contributed by atoms with van der Waals surface area (Å²) in [5, 5.41) is 10.3. The lowest BCUT2D eigenvalue weighted by Gasteiger charge is -2.18. The highest BCUT2D eigenvalue weighted by Crippen LogP contribution is 2.49. The molecule has 2 heterocycles. The minimum Gasteiger partial charge on any atom is -0.309 e. The smallest absolute Gasteiger partial charge is 0.0620 e. The molecule has 0 aliphatic carbocycles. The van der Waals surface area contributed by atoms with E-state index in [-0.39, 0.29) is 0 Å². The van der Waals surface area contributed by atoms with Crippen LogP contribution in [0.5, 0.6) is 0 Å². The molecule has 0 saturated carbocycles. The number of hydrogen-bond acceptors (Lipinski definition) is 0. The van der Waals surface area contributed by atoms with Crippen LogP contribution in [0.4, 0.5) is 0 Å². The Kier molecular flexibility index (Phi) is 5.31. The molecule has 0 radical (unpaired) electrons. The van der Waals surface area contributed by atoms with E-state index in [1.807, 2.05) is 0 Å². The van der Waals surface area contributed by atoms with Gasteiger partial charge in [-0.05, 0) is 58.3 Å². The molecule has 2 heteroatoms. The lowest BCUT2D eigenvalue weighted by molar-refractivity contribution is 1.14. The fourth-order valence-corrected chi connectivity index (χ4v) is 7.78. The lowest BCUT2D eigenvalue weighted by atomic mass is 9.89. The minimum atomic E-state index is 1.16. The third kappa shape index (κ3) is 3.47. The highest BCUT2D eigenvalue weighted by atomic mass is 15.0. The number of hydrogen-bond donors (Lipinski definition) is 0. The van der Waals surface area contributed by atoms with Crippen molar-refractivity contribution in [2.75, 3.05) is 0 Å². The van der Waals surface area contributed by atoms with Crippen molar-refractivity contribution in [2.24, 2.45) is 0 Å². The van der Waals surface area contributed by atoms with Gasteiger partial charge in [-0.3, -0.25) is 0 Å². The monoisotopic (exact) mass is 584 g/mol. The van der Waals surface area contributed by atoms with E-state index in [9.17, 15) is 0 Å². The normalized spacial score (nSPS) is 11.9. The fraction of sp³-hybridized carbons (Fsp3) is 0. The van der Waals surface area contributed by atoms with Crippen molar-refractivity contribution >= 4 is 54.1 Å². The van der Waals surface area contributed by atoms with E-state index in [0.717, 1.165) is 11.4 Å². The molecule has 0 spiro atoms. The Hall–Kier alpha value is -6.12. The van der Waals surface area contributed by atoms with Crippen LogP contribution in [0.2, 0.25) is 0 Å². The van der Waals surface area contributed by atoms with Crippen LogP contribution in [0.3, 0.4) is 0 Å². The zero-order valence-corrected chi connectivity index (χ0v) is 25.1. The highest BCUT2D eigenvalue weighted by molar-refractivity contribution is 6.40. The summed E-state index contributed by atoms with van der Waals surface area (Å²) in [7, 11) is 0. The summed E-state index contributed by atoms with van der Waals surface area (Å²) in [6.07, 6.45) is 0. The molecule has 8 aromatic carbocycles. The van der Waals surface area contributed by atoms with Crippen molar-refractivity contribution in [3.8, 4) is 33.9 Å². The van der Waals surface area contributed by atoms with Crippen molar-refractivity contribution in [1.82, 2.24) is 9.13 Å². The largest absolute Gasteiger partial charge is 0.309 e. The molecule has 0 N–H and O–H groups in total. The number of nitrogens with zero attached hydrogens (tertiary/aromatic N) is 2. The topological polar surface area (TPSA) is 9.86 Å². The van der Waals surface area contributed by atoms with Crippen molar-refractivity contribution in [3.63, 3.8) is 0 Å². The maximum Gasteiger partial charge on any atom is 0.0620 e. The summed E-state index contributed by atoms with van der Waals surface area (Å²) >= 11 is 0. The van der Waals surface area contributed by atoms with Crippen LogP contribution < -0.4 is 0 Å². The average Bonchev–Trinajstić information content (AvgIpc) is 3.74. The van der Waals surface area contributed by atoms with Crippen LogP contribution in [-0.2, 0) is 0 Å². The molecule has 0 bridgehead atoms. The molecule has 10 rings (SSSR count). The number of para-hydroxylation sites is 2. The predicted octanol–water partition coefficient (Wildman–Crippen LogP) is 11.8. The summed E-state index contributed by atoms with van der Waals surface area (Å²) in [4.78, 5) is 0. The van der Waals surface area contributed by atoms with E-state index in [4.69, 9.17) is 0 Å². The summed E-state index contributed by atoms with van der Waals surface area (Å²) < 4.78 is 4.94. The molecule has 0 atom stereocenters. The van der Waals surface area contributed by atoms with Crippen LogP contribution in [-0.4, -0.2) is 9.13 Å². The molecular weight excluding hydrogens is 556 g/mol. The maximum atomic E-state index is 2.47. The Morgan fingerprint density at radius 3 is 1.02 bits per heavy atom. The molecule has 0 fully saturated rings. The first kappa shape index (κ1) is 25.2. The van der Waals surface area contributed by atoms with E-state index < -0.39 is 0 Å². The molecule has 0 aliphatic heterocycles. The number of rotatable bonds is 4. The van der Waals surface area contributed by atoms with Crippen molar-refractivity contribution < 1.29 is 0 Å². The average molecular weight is 585 g/mol. The van der Waals surface area contributed by atoms with Gasteiger partial charge in [-0.25, -0.2) is 0 Å². The van der Waals surface area contributed by atoms with E-state index in [2.05, 4.69) is 179 Å². The minimum absolute atomic E-state index is 1.16. The number of benzene rings is 8. The second kappa shape index (κ2) is 9.69. The molecule has 0 aliphatic rings. The first-order chi connectivity index (χ1) is 22.9. The van der Waals surface area contributed by atoms with Gasteiger partial charge >= 0.3 is 0 Å². The summed E-state index contributed by atoms with van der Waals surface area (Å²) in [5.41, 5.74) is 9.64. The molecular formula is C44H28N2. The lowest BCUT2D eigenvalue weighted by Crippen LogP contribution is -1.99. The van der Waals surface area contributed by atoms with E-state index in [1.54, 1.807) is 0 Å². The first-order valence-electron chi connectivity index (χ1n) is 15.9. The van der Waals surface area contributed by atoms with E-state index in [1.165, 1.54) is 76.6 Å². The van der Waals surface area contributed by atoms with Gasteiger partial charge in [0.15, 0.2) is 0 Å². The Morgan fingerprint density at radius 1 is 0.283 bits per heavy atom. The Bertz CT molecular complexity index is 2510. The first-order valence-corrected chi connectivity index (χ1v) is 15.9. The number of fused-ring (bicyclic) bond motifs is 6. The van der Waals surface area contributed by atoms with Crippen molar-refractivity contribution in [3.05, 3.63) is 170 Å².